The first-order valence-electron chi connectivity index (χ1n) is 9.22. The quantitative estimate of drug-likeness (QED) is 0.258. The number of nitrogens with zero attached hydrogens (tertiary/aromatic N) is 6. The fourth-order valence-corrected chi connectivity index (χ4v) is 3.42. The number of hydrogen-bond acceptors (Lipinski definition) is 10. The van der Waals surface area contributed by atoms with Gasteiger partial charge in [-0.1, -0.05) is 40.4 Å². The summed E-state index contributed by atoms with van der Waals surface area (Å²) in [6.45, 7) is 0.173. The van der Waals surface area contributed by atoms with Crippen molar-refractivity contribution in [2.24, 2.45) is 0 Å². The van der Waals surface area contributed by atoms with E-state index in [1.165, 1.54) is 11.5 Å². The molecule has 0 radical (unpaired) electrons. The maximum Gasteiger partial charge on any atom is 0.417 e. The van der Waals surface area contributed by atoms with E-state index in [0.717, 1.165) is 23.1 Å². The predicted octanol–water partition coefficient (Wildman–Crippen LogP) is 5.37. The number of nitro groups is 1. The van der Waals surface area contributed by atoms with Gasteiger partial charge >= 0.3 is 17.7 Å². The van der Waals surface area contributed by atoms with Crippen molar-refractivity contribution >= 4 is 34.6 Å². The molecule has 34 heavy (non-hydrogen) atoms. The van der Waals surface area contributed by atoms with Crippen molar-refractivity contribution in [3.63, 3.8) is 0 Å². The van der Waals surface area contributed by atoms with Gasteiger partial charge < -0.3 is 10.1 Å². The van der Waals surface area contributed by atoms with Crippen LogP contribution in [0.4, 0.5) is 24.7 Å². The van der Waals surface area contributed by atoms with E-state index in [4.69, 9.17) is 16.3 Å². The van der Waals surface area contributed by atoms with Crippen molar-refractivity contribution in [3.8, 4) is 23.0 Å². The van der Waals surface area contributed by atoms with Gasteiger partial charge in [0.2, 0.25) is 11.7 Å². The molecule has 1 N–H and O–H groups in total. The van der Waals surface area contributed by atoms with E-state index in [9.17, 15) is 23.3 Å². The van der Waals surface area contributed by atoms with Gasteiger partial charge in [0.15, 0.2) is 0 Å². The molecule has 3 heterocycles. The molecule has 1 aromatic carbocycles. The first-order chi connectivity index (χ1) is 16.2. The summed E-state index contributed by atoms with van der Waals surface area (Å²) in [5.41, 5.74) is 0.650. The molecule has 0 atom stereocenters. The van der Waals surface area contributed by atoms with E-state index < -0.39 is 39.1 Å². The lowest BCUT2D eigenvalue weighted by Crippen LogP contribution is -2.08. The maximum atomic E-state index is 12.8. The molecule has 4 aromatic rings. The number of anilines is 1. The summed E-state index contributed by atoms with van der Waals surface area (Å²) in [6.07, 6.45) is -3.16. The molecule has 0 aliphatic rings. The van der Waals surface area contributed by atoms with Gasteiger partial charge in [-0.2, -0.15) is 18.2 Å². The standard InChI is InChI=1S/C19H11ClF3N7O3S/c20-13-5-12(19(21,22)23)7-25-17(13)33-18-15(30(31)32)16(26-9-27-18)24-6-10-1-3-11(4-2-10)14-8-34-29-28-14/h1-5,7-9H,6H2,(H,24,26,27). The van der Waals surface area contributed by atoms with Gasteiger partial charge in [0.25, 0.3) is 0 Å². The number of benzene rings is 1. The predicted molar refractivity (Wildman–Crippen MR) is 116 cm³/mol. The molecule has 10 nitrogen and oxygen atoms in total. The Bertz CT molecular complexity index is 1320. The van der Waals surface area contributed by atoms with E-state index in [0.29, 0.717) is 12.3 Å². The number of halogens is 4. The summed E-state index contributed by atoms with van der Waals surface area (Å²) >= 11 is 7.05. The molecule has 0 bridgehead atoms. The Morgan fingerprint density at radius 2 is 1.91 bits per heavy atom. The molecule has 0 fully saturated rings. The van der Waals surface area contributed by atoms with Crippen molar-refractivity contribution < 1.29 is 22.8 Å². The molecular weight excluding hydrogens is 499 g/mol. The molecular formula is C19H11ClF3N7O3S. The molecule has 0 aliphatic carbocycles. The lowest BCUT2D eigenvalue weighted by Gasteiger charge is -2.11. The highest BCUT2D eigenvalue weighted by Gasteiger charge is 2.32. The highest BCUT2D eigenvalue weighted by Crippen LogP contribution is 2.38. The number of nitrogens with one attached hydrogen (secondary N) is 1. The van der Waals surface area contributed by atoms with Crippen LogP contribution in [0.2, 0.25) is 5.02 Å². The Balaban J connectivity index is 1.54. The fourth-order valence-electron chi connectivity index (χ4n) is 2.75. The molecule has 4 rings (SSSR count). The molecule has 0 unspecified atom stereocenters. The van der Waals surface area contributed by atoms with Gasteiger partial charge in [-0.25, -0.2) is 9.97 Å². The Morgan fingerprint density at radius 1 is 1.15 bits per heavy atom. The Morgan fingerprint density at radius 3 is 2.53 bits per heavy atom. The van der Waals surface area contributed by atoms with Crippen molar-refractivity contribution in [2.45, 2.75) is 12.7 Å². The average Bonchev–Trinajstić information content (AvgIpc) is 3.33. The third-order valence-electron chi connectivity index (χ3n) is 4.37. The van der Waals surface area contributed by atoms with Crippen LogP contribution in [-0.2, 0) is 12.7 Å². The van der Waals surface area contributed by atoms with Crippen LogP contribution in [0.15, 0.2) is 48.2 Å². The summed E-state index contributed by atoms with van der Waals surface area (Å²) in [6, 6.07) is 7.86. The lowest BCUT2D eigenvalue weighted by atomic mass is 10.1. The van der Waals surface area contributed by atoms with Crippen LogP contribution < -0.4 is 10.1 Å². The van der Waals surface area contributed by atoms with E-state index in [-0.39, 0.29) is 12.4 Å². The average molecular weight is 510 g/mol. The third kappa shape index (κ3) is 5.18. The number of aromatic nitrogens is 5. The second kappa shape index (κ2) is 9.52. The summed E-state index contributed by atoms with van der Waals surface area (Å²) in [7, 11) is 0. The summed E-state index contributed by atoms with van der Waals surface area (Å²) in [5, 5.41) is 19.8. The van der Waals surface area contributed by atoms with Gasteiger partial charge in [0.1, 0.15) is 17.0 Å². The van der Waals surface area contributed by atoms with Gasteiger partial charge in [-0.15, -0.1) is 5.10 Å². The van der Waals surface area contributed by atoms with E-state index in [2.05, 4.69) is 29.9 Å². The fraction of sp³-hybridized carbons (Fsp3) is 0.105. The zero-order valence-electron chi connectivity index (χ0n) is 16.7. The van der Waals surface area contributed by atoms with Gasteiger partial charge in [0, 0.05) is 23.7 Å². The third-order valence-corrected chi connectivity index (χ3v) is 5.14. The largest absolute Gasteiger partial charge is 0.417 e. The SMILES string of the molecule is O=[N+]([O-])c1c(NCc2ccc(-c3csnn3)cc2)ncnc1Oc1ncc(C(F)(F)F)cc1Cl. The minimum atomic E-state index is -4.66. The molecule has 0 saturated carbocycles. The lowest BCUT2D eigenvalue weighted by molar-refractivity contribution is -0.385. The number of ether oxygens (including phenoxy) is 1. The molecule has 15 heteroatoms. The van der Waals surface area contributed by atoms with Crippen molar-refractivity contribution in [3.05, 3.63) is 74.5 Å². The van der Waals surface area contributed by atoms with E-state index in [1.807, 2.05) is 12.1 Å². The van der Waals surface area contributed by atoms with Crippen LogP contribution in [0.5, 0.6) is 11.8 Å². The van der Waals surface area contributed by atoms with Crippen molar-refractivity contribution in [1.82, 2.24) is 24.5 Å². The summed E-state index contributed by atoms with van der Waals surface area (Å²) in [5.74, 6) is -1.18. The van der Waals surface area contributed by atoms with Crippen LogP contribution in [-0.4, -0.2) is 29.5 Å². The highest BCUT2D eigenvalue weighted by atomic mass is 35.5. The summed E-state index contributed by atoms with van der Waals surface area (Å²) in [4.78, 5) is 22.0. The second-order valence-corrected chi connectivity index (χ2v) is 7.60. The second-order valence-electron chi connectivity index (χ2n) is 6.58. The summed E-state index contributed by atoms with van der Waals surface area (Å²) < 4.78 is 47.5. The highest BCUT2D eigenvalue weighted by molar-refractivity contribution is 7.03. The number of hydrogen-bond donors (Lipinski definition) is 1. The molecule has 0 amide bonds. The van der Waals surface area contributed by atoms with Crippen LogP contribution in [0, 0.1) is 10.1 Å². The zero-order chi connectivity index (χ0) is 24.3. The van der Waals surface area contributed by atoms with E-state index >= 15 is 0 Å². The minimum Gasteiger partial charge on any atom is -0.413 e. The van der Waals surface area contributed by atoms with E-state index in [1.54, 1.807) is 17.5 Å². The normalized spacial score (nSPS) is 11.3. The van der Waals surface area contributed by atoms with Gasteiger partial charge in [0.05, 0.1) is 10.5 Å². The van der Waals surface area contributed by atoms with Crippen LogP contribution in [0.25, 0.3) is 11.3 Å². The van der Waals surface area contributed by atoms with Gasteiger partial charge in [-0.05, 0) is 23.2 Å². The molecule has 0 spiro atoms. The Hall–Kier alpha value is -3.91. The molecule has 3 aromatic heterocycles. The molecule has 0 aliphatic heterocycles. The Labute approximate surface area is 197 Å². The zero-order valence-corrected chi connectivity index (χ0v) is 18.2. The number of rotatable bonds is 7. The minimum absolute atomic E-state index is 0.161. The Kier molecular flexibility index (Phi) is 6.51. The first kappa shape index (κ1) is 23.3. The van der Waals surface area contributed by atoms with Crippen LogP contribution >= 0.6 is 23.1 Å². The molecule has 174 valence electrons. The maximum absolute atomic E-state index is 12.8. The van der Waals surface area contributed by atoms with Crippen molar-refractivity contribution in [1.29, 1.82) is 0 Å². The topological polar surface area (TPSA) is 129 Å². The monoisotopic (exact) mass is 509 g/mol. The molecule has 0 saturated heterocycles. The van der Waals surface area contributed by atoms with Crippen LogP contribution in [0.3, 0.4) is 0 Å². The van der Waals surface area contributed by atoms with Crippen LogP contribution in [0.1, 0.15) is 11.1 Å². The van der Waals surface area contributed by atoms with Gasteiger partial charge in [-0.3, -0.25) is 10.1 Å². The van der Waals surface area contributed by atoms with Crippen molar-refractivity contribution in [2.75, 3.05) is 5.32 Å². The first-order valence-corrected chi connectivity index (χ1v) is 10.4. The number of alkyl halides is 3. The number of pyridine rings is 1. The smallest absolute Gasteiger partial charge is 0.413 e.